The molecule has 0 saturated heterocycles. The quantitative estimate of drug-likeness (QED) is 0.681. The molecule has 1 N–H and O–H groups in total. The molecule has 0 spiro atoms. The van der Waals surface area contributed by atoms with Gasteiger partial charge in [-0.2, -0.15) is 0 Å². The van der Waals surface area contributed by atoms with Gasteiger partial charge in [-0.25, -0.2) is 13.1 Å². The van der Waals surface area contributed by atoms with Crippen molar-refractivity contribution >= 4 is 27.6 Å². The predicted octanol–water partition coefficient (Wildman–Crippen LogP) is 2.26. The van der Waals surface area contributed by atoms with Crippen molar-refractivity contribution in [3.05, 3.63) is 60.2 Å². The van der Waals surface area contributed by atoms with Crippen LogP contribution in [0.2, 0.25) is 0 Å². The number of carbonyl (C=O) groups is 2. The molecule has 2 rings (SSSR count). The van der Waals surface area contributed by atoms with Crippen molar-refractivity contribution < 1.29 is 22.7 Å². The summed E-state index contributed by atoms with van der Waals surface area (Å²) in [6.45, 7) is 3.22. The van der Waals surface area contributed by atoms with E-state index in [9.17, 15) is 18.0 Å². The zero-order valence-corrected chi connectivity index (χ0v) is 16.9. The molecule has 8 heteroatoms. The molecule has 0 aromatic heterocycles. The van der Waals surface area contributed by atoms with E-state index in [4.69, 9.17) is 4.74 Å². The van der Waals surface area contributed by atoms with Crippen molar-refractivity contribution in [2.75, 3.05) is 18.5 Å². The number of likely N-dealkylation sites (N-methyl/N-ethyl adjacent to an activating group) is 1. The second kappa shape index (κ2) is 9.48. The van der Waals surface area contributed by atoms with Gasteiger partial charge in [-0.3, -0.25) is 9.59 Å². The van der Waals surface area contributed by atoms with Crippen molar-refractivity contribution in [2.45, 2.75) is 31.3 Å². The molecule has 2 aromatic rings. The first-order valence-corrected chi connectivity index (χ1v) is 10.3. The van der Waals surface area contributed by atoms with E-state index in [2.05, 4.69) is 4.72 Å². The van der Waals surface area contributed by atoms with Gasteiger partial charge in [0.1, 0.15) is 0 Å². The van der Waals surface area contributed by atoms with Crippen LogP contribution in [0.3, 0.4) is 0 Å². The van der Waals surface area contributed by atoms with Crippen LogP contribution in [-0.4, -0.2) is 40.0 Å². The van der Waals surface area contributed by atoms with Crippen LogP contribution in [0.4, 0.5) is 5.69 Å². The molecule has 0 aliphatic rings. The van der Waals surface area contributed by atoms with Gasteiger partial charge in [-0.05, 0) is 38.1 Å². The monoisotopic (exact) mass is 404 g/mol. The van der Waals surface area contributed by atoms with E-state index in [0.717, 1.165) is 5.56 Å². The van der Waals surface area contributed by atoms with Gasteiger partial charge in [0.15, 0.2) is 6.10 Å². The number of ether oxygens (including phenoxy) is 1. The van der Waals surface area contributed by atoms with Gasteiger partial charge in [0.25, 0.3) is 5.91 Å². The van der Waals surface area contributed by atoms with E-state index in [-0.39, 0.29) is 23.8 Å². The fraction of sp³-hybridized carbons (Fsp3) is 0.300. The number of carbonyl (C=O) groups excluding carboxylic acids is 2. The fourth-order valence-electron chi connectivity index (χ4n) is 2.45. The third-order valence-electron chi connectivity index (χ3n) is 4.08. The molecule has 0 heterocycles. The second-order valence-electron chi connectivity index (χ2n) is 6.33. The Labute approximate surface area is 165 Å². The molecular formula is C20H24N2O5S. The molecule has 1 amide bonds. The molecule has 0 aliphatic carbocycles. The minimum Gasteiger partial charge on any atom is -0.452 e. The van der Waals surface area contributed by atoms with Gasteiger partial charge in [0.05, 0.1) is 11.3 Å². The minimum absolute atomic E-state index is 0.121. The third-order valence-corrected chi connectivity index (χ3v) is 5.56. The Kier molecular flexibility index (Phi) is 7.31. The lowest BCUT2D eigenvalue weighted by Gasteiger charge is -2.21. The maximum Gasteiger partial charge on any atom is 0.307 e. The second-order valence-corrected chi connectivity index (χ2v) is 8.09. The summed E-state index contributed by atoms with van der Waals surface area (Å²) >= 11 is 0. The van der Waals surface area contributed by atoms with Crippen molar-refractivity contribution in [3.8, 4) is 0 Å². The van der Waals surface area contributed by atoms with Gasteiger partial charge in [-0.15, -0.1) is 0 Å². The molecule has 0 radical (unpaired) electrons. The van der Waals surface area contributed by atoms with E-state index in [1.807, 2.05) is 13.0 Å². The summed E-state index contributed by atoms with van der Waals surface area (Å²) in [7, 11) is -2.10. The molecule has 0 aliphatic heterocycles. The van der Waals surface area contributed by atoms with Gasteiger partial charge in [0.2, 0.25) is 10.0 Å². The first-order valence-electron chi connectivity index (χ1n) is 8.79. The average Bonchev–Trinajstić information content (AvgIpc) is 2.67. The largest absolute Gasteiger partial charge is 0.452 e. The topological polar surface area (TPSA) is 92.8 Å². The van der Waals surface area contributed by atoms with Crippen molar-refractivity contribution in [1.29, 1.82) is 0 Å². The Bertz CT molecular complexity index is 911. The molecule has 1 unspecified atom stereocenters. The SMILES string of the molecule is Cc1ccc(S(=O)(=O)NCCC(=O)OC(C)C(=O)N(C)c2ccccc2)cc1. The Morgan fingerprint density at radius 2 is 1.68 bits per heavy atom. The molecular weight excluding hydrogens is 380 g/mol. The van der Waals surface area contributed by atoms with E-state index in [0.29, 0.717) is 5.69 Å². The number of aryl methyl sites for hydroxylation is 1. The first-order chi connectivity index (χ1) is 13.2. The molecule has 2 aromatic carbocycles. The summed E-state index contributed by atoms with van der Waals surface area (Å²) in [6, 6.07) is 15.4. The minimum atomic E-state index is -3.70. The van der Waals surface area contributed by atoms with Crippen LogP contribution < -0.4 is 9.62 Å². The van der Waals surface area contributed by atoms with Crippen LogP contribution in [0, 0.1) is 6.92 Å². The van der Waals surface area contributed by atoms with Crippen LogP contribution in [0.5, 0.6) is 0 Å². The Hall–Kier alpha value is -2.71. The summed E-state index contributed by atoms with van der Waals surface area (Å²) in [5, 5.41) is 0. The number of hydrogen-bond donors (Lipinski definition) is 1. The standard InChI is InChI=1S/C20H24N2O5S/c1-15-9-11-18(12-10-15)28(25,26)21-14-13-19(23)27-16(2)20(24)22(3)17-7-5-4-6-8-17/h4-12,16,21H,13-14H2,1-3H3. The maximum absolute atomic E-state index is 12.4. The van der Waals surface area contributed by atoms with Crippen LogP contribution in [0.25, 0.3) is 0 Å². The smallest absolute Gasteiger partial charge is 0.307 e. The third kappa shape index (κ3) is 5.90. The highest BCUT2D eigenvalue weighted by Gasteiger charge is 2.22. The van der Waals surface area contributed by atoms with Crippen LogP contribution in [0.15, 0.2) is 59.5 Å². The predicted molar refractivity (Wildman–Crippen MR) is 106 cm³/mol. The highest BCUT2D eigenvalue weighted by atomic mass is 32.2. The van der Waals surface area contributed by atoms with Crippen molar-refractivity contribution in [3.63, 3.8) is 0 Å². The van der Waals surface area contributed by atoms with Gasteiger partial charge >= 0.3 is 5.97 Å². The van der Waals surface area contributed by atoms with Crippen molar-refractivity contribution in [1.82, 2.24) is 4.72 Å². The number of sulfonamides is 1. The van der Waals surface area contributed by atoms with E-state index >= 15 is 0 Å². The van der Waals surface area contributed by atoms with E-state index < -0.39 is 22.1 Å². The number of amides is 1. The lowest BCUT2D eigenvalue weighted by molar-refractivity contribution is -0.153. The van der Waals surface area contributed by atoms with Crippen LogP contribution in [-0.2, 0) is 24.3 Å². The molecule has 1 atom stereocenters. The summed E-state index contributed by atoms with van der Waals surface area (Å²) in [6.07, 6.45) is -1.16. The molecule has 28 heavy (non-hydrogen) atoms. The average molecular weight is 404 g/mol. The number of nitrogens with zero attached hydrogens (tertiary/aromatic N) is 1. The number of esters is 1. The number of benzene rings is 2. The summed E-state index contributed by atoms with van der Waals surface area (Å²) in [5.41, 5.74) is 1.63. The number of hydrogen-bond acceptors (Lipinski definition) is 5. The summed E-state index contributed by atoms with van der Waals surface area (Å²) < 4.78 is 31.8. The van der Waals surface area contributed by atoms with Crippen LogP contribution >= 0.6 is 0 Å². The Balaban J connectivity index is 1.83. The zero-order chi connectivity index (χ0) is 20.7. The normalized spacial score (nSPS) is 12.2. The van der Waals surface area contributed by atoms with E-state index in [1.54, 1.807) is 43.4 Å². The Morgan fingerprint density at radius 1 is 1.07 bits per heavy atom. The summed E-state index contributed by atoms with van der Waals surface area (Å²) in [5.74, 6) is -1.03. The summed E-state index contributed by atoms with van der Waals surface area (Å²) in [4.78, 5) is 25.8. The number of anilines is 1. The zero-order valence-electron chi connectivity index (χ0n) is 16.1. The maximum atomic E-state index is 12.4. The Morgan fingerprint density at radius 3 is 2.29 bits per heavy atom. The number of nitrogens with one attached hydrogen (secondary N) is 1. The molecule has 0 bridgehead atoms. The first kappa shape index (κ1) is 21.6. The molecule has 0 saturated carbocycles. The van der Waals surface area contributed by atoms with Gasteiger partial charge < -0.3 is 9.64 Å². The lowest BCUT2D eigenvalue weighted by atomic mass is 10.2. The molecule has 0 fully saturated rings. The molecule has 7 nitrogen and oxygen atoms in total. The fourth-order valence-corrected chi connectivity index (χ4v) is 3.48. The van der Waals surface area contributed by atoms with Gasteiger partial charge in [0, 0.05) is 19.3 Å². The number of para-hydroxylation sites is 1. The lowest BCUT2D eigenvalue weighted by Crippen LogP contribution is -2.38. The van der Waals surface area contributed by atoms with Gasteiger partial charge in [-0.1, -0.05) is 35.9 Å². The van der Waals surface area contributed by atoms with E-state index in [1.165, 1.54) is 24.0 Å². The highest BCUT2D eigenvalue weighted by Crippen LogP contribution is 2.13. The van der Waals surface area contributed by atoms with Crippen molar-refractivity contribution in [2.24, 2.45) is 0 Å². The number of rotatable bonds is 8. The highest BCUT2D eigenvalue weighted by molar-refractivity contribution is 7.89. The molecule has 150 valence electrons. The van der Waals surface area contributed by atoms with Crippen LogP contribution in [0.1, 0.15) is 18.9 Å².